The van der Waals surface area contributed by atoms with Crippen LogP contribution >= 0.6 is 0 Å². The molecular weight excluding hydrogens is 110 g/mol. The van der Waals surface area contributed by atoms with E-state index in [1.54, 1.807) is 6.20 Å². The lowest BCUT2D eigenvalue weighted by atomic mass is 10.2. The molecule has 1 heterocycles. The van der Waals surface area contributed by atoms with Crippen LogP contribution in [0.3, 0.4) is 0 Å². The number of hydrogen-bond acceptors (Lipinski definition) is 1. The van der Waals surface area contributed by atoms with Gasteiger partial charge in [0.15, 0.2) is 0 Å². The molecule has 1 aliphatic carbocycles. The third kappa shape index (κ3) is 0.792. The molecule has 0 saturated heterocycles. The molecule has 42 valence electrons. The molecule has 2 rings (SSSR count). The smallest absolute Gasteiger partial charge is 0.108 e. The van der Waals surface area contributed by atoms with E-state index in [2.05, 4.69) is 16.8 Å². The van der Waals surface area contributed by atoms with Crippen molar-refractivity contribution in [2.24, 2.45) is 0 Å². The van der Waals surface area contributed by atoms with Crippen LogP contribution in [0.2, 0.25) is 0 Å². The molecule has 0 N–H and O–H groups in total. The van der Waals surface area contributed by atoms with E-state index in [1.165, 1.54) is 5.56 Å². The van der Waals surface area contributed by atoms with Crippen molar-refractivity contribution in [1.29, 1.82) is 0 Å². The van der Waals surface area contributed by atoms with Crippen molar-refractivity contribution in [2.45, 2.75) is 5.92 Å². The molecular formula is C8H5N. The summed E-state index contributed by atoms with van der Waals surface area (Å²) in [5.41, 5.74) is 1.19. The lowest BCUT2D eigenvalue weighted by Crippen LogP contribution is -1.81. The second-order valence-electron chi connectivity index (χ2n) is 2.01. The van der Waals surface area contributed by atoms with Crippen LogP contribution < -0.4 is 0 Å². The minimum Gasteiger partial charge on any atom is -0.264 e. The van der Waals surface area contributed by atoms with Gasteiger partial charge in [-0.1, -0.05) is 17.9 Å². The van der Waals surface area contributed by atoms with Crippen LogP contribution in [0, 0.1) is 11.8 Å². The van der Waals surface area contributed by atoms with Gasteiger partial charge in [0.2, 0.25) is 0 Å². The molecule has 0 radical (unpaired) electrons. The Morgan fingerprint density at radius 1 is 1.44 bits per heavy atom. The van der Waals surface area contributed by atoms with Gasteiger partial charge in [-0.25, -0.2) is 0 Å². The van der Waals surface area contributed by atoms with Crippen LogP contribution in [0.25, 0.3) is 0 Å². The van der Waals surface area contributed by atoms with Gasteiger partial charge in [0.05, 0.1) is 0 Å². The first-order valence-corrected chi connectivity index (χ1v) is 2.88. The van der Waals surface area contributed by atoms with Crippen LogP contribution in [-0.4, -0.2) is 4.98 Å². The average Bonchev–Trinajstić information content (AvgIpc) is 2.71. The van der Waals surface area contributed by atoms with Gasteiger partial charge in [-0.15, -0.1) is 0 Å². The second kappa shape index (κ2) is 1.60. The minimum absolute atomic E-state index is 0.346. The minimum atomic E-state index is 0.346. The Morgan fingerprint density at radius 3 is 2.89 bits per heavy atom. The molecule has 0 saturated carbocycles. The maximum Gasteiger partial charge on any atom is 0.108 e. The van der Waals surface area contributed by atoms with Crippen LogP contribution in [-0.2, 0) is 0 Å². The van der Waals surface area contributed by atoms with Crippen LogP contribution in [0.1, 0.15) is 11.5 Å². The molecule has 0 aromatic carbocycles. The summed E-state index contributed by atoms with van der Waals surface area (Å²) in [5, 5.41) is 0. The Labute approximate surface area is 53.7 Å². The summed E-state index contributed by atoms with van der Waals surface area (Å²) in [6, 6.07) is 3.96. The fourth-order valence-electron chi connectivity index (χ4n) is 0.755. The quantitative estimate of drug-likeness (QED) is 0.501. The Bertz CT molecular complexity index is 258. The summed E-state index contributed by atoms with van der Waals surface area (Å²) in [6.45, 7) is 0. The third-order valence-corrected chi connectivity index (χ3v) is 1.31. The molecule has 0 atom stereocenters. The third-order valence-electron chi connectivity index (χ3n) is 1.31. The molecule has 1 aromatic heterocycles. The largest absolute Gasteiger partial charge is 0.264 e. The van der Waals surface area contributed by atoms with Gasteiger partial charge in [0, 0.05) is 12.4 Å². The molecule has 1 heteroatoms. The molecule has 1 nitrogen and oxygen atoms in total. The SMILES string of the molecule is C1#CC1c1cccnc1. The van der Waals surface area contributed by atoms with E-state index < -0.39 is 0 Å². The first-order valence-electron chi connectivity index (χ1n) is 2.88. The van der Waals surface area contributed by atoms with Crippen molar-refractivity contribution in [3.8, 4) is 11.8 Å². The van der Waals surface area contributed by atoms with Gasteiger partial charge in [0.25, 0.3) is 0 Å². The van der Waals surface area contributed by atoms with E-state index in [-0.39, 0.29) is 0 Å². The molecule has 0 bridgehead atoms. The van der Waals surface area contributed by atoms with E-state index in [0.717, 1.165) is 0 Å². The van der Waals surface area contributed by atoms with Crippen molar-refractivity contribution in [1.82, 2.24) is 4.98 Å². The maximum absolute atomic E-state index is 3.97. The zero-order valence-corrected chi connectivity index (χ0v) is 4.83. The fraction of sp³-hybridized carbons (Fsp3) is 0.125. The van der Waals surface area contributed by atoms with Crippen LogP contribution in [0.5, 0.6) is 0 Å². The first-order chi connectivity index (χ1) is 4.47. The van der Waals surface area contributed by atoms with E-state index in [9.17, 15) is 0 Å². The average molecular weight is 115 g/mol. The summed E-state index contributed by atoms with van der Waals surface area (Å²) in [7, 11) is 0. The molecule has 0 fully saturated rings. The van der Waals surface area contributed by atoms with E-state index >= 15 is 0 Å². The predicted octanol–water partition coefficient (Wildman–Crippen LogP) is 1.18. The summed E-state index contributed by atoms with van der Waals surface area (Å²) < 4.78 is 0. The van der Waals surface area contributed by atoms with Crippen molar-refractivity contribution >= 4 is 0 Å². The number of pyridine rings is 1. The molecule has 0 amide bonds. The Hall–Kier alpha value is -1.29. The van der Waals surface area contributed by atoms with Gasteiger partial charge < -0.3 is 0 Å². The first kappa shape index (κ1) is 4.58. The number of rotatable bonds is 1. The molecule has 9 heavy (non-hydrogen) atoms. The fourth-order valence-corrected chi connectivity index (χ4v) is 0.755. The van der Waals surface area contributed by atoms with E-state index in [4.69, 9.17) is 0 Å². The van der Waals surface area contributed by atoms with Gasteiger partial charge in [-0.05, 0) is 11.6 Å². The van der Waals surface area contributed by atoms with Crippen LogP contribution in [0.4, 0.5) is 0 Å². The summed E-state index contributed by atoms with van der Waals surface area (Å²) in [6.07, 6.45) is 3.61. The highest BCUT2D eigenvalue weighted by Gasteiger charge is 2.11. The lowest BCUT2D eigenvalue weighted by Gasteiger charge is -1.90. The number of hydrogen-bond donors (Lipinski definition) is 0. The standard InChI is InChI=1S/C8H5N/c1-2-8(6-9-5-1)7-3-4-7/h1-2,5-7H. The Balaban J connectivity index is 2.30. The highest BCUT2D eigenvalue weighted by atomic mass is 14.6. The normalized spacial score (nSPS) is 14.2. The predicted molar refractivity (Wildman–Crippen MR) is 34.8 cm³/mol. The van der Waals surface area contributed by atoms with Crippen molar-refractivity contribution in [2.75, 3.05) is 0 Å². The van der Waals surface area contributed by atoms with E-state index in [0.29, 0.717) is 5.92 Å². The molecule has 0 spiro atoms. The zero-order valence-electron chi connectivity index (χ0n) is 4.83. The summed E-state index contributed by atoms with van der Waals surface area (Å²) in [4.78, 5) is 3.97. The van der Waals surface area contributed by atoms with Gasteiger partial charge in [-0.3, -0.25) is 4.98 Å². The van der Waals surface area contributed by atoms with Crippen molar-refractivity contribution in [3.63, 3.8) is 0 Å². The van der Waals surface area contributed by atoms with Gasteiger partial charge in [-0.2, -0.15) is 0 Å². The number of aromatic nitrogens is 1. The molecule has 1 aromatic rings. The zero-order chi connectivity index (χ0) is 6.10. The maximum atomic E-state index is 3.97. The van der Waals surface area contributed by atoms with Crippen molar-refractivity contribution in [3.05, 3.63) is 30.1 Å². The number of nitrogens with zero attached hydrogens (tertiary/aromatic N) is 1. The summed E-state index contributed by atoms with van der Waals surface area (Å²) in [5.74, 6) is 6.27. The molecule has 0 aliphatic heterocycles. The summed E-state index contributed by atoms with van der Waals surface area (Å²) >= 11 is 0. The van der Waals surface area contributed by atoms with Crippen molar-refractivity contribution < 1.29 is 0 Å². The molecule has 1 aliphatic rings. The Morgan fingerprint density at radius 2 is 2.33 bits per heavy atom. The topological polar surface area (TPSA) is 12.9 Å². The van der Waals surface area contributed by atoms with Crippen LogP contribution in [0.15, 0.2) is 24.5 Å². The Kier molecular flexibility index (Phi) is 0.811. The van der Waals surface area contributed by atoms with E-state index in [1.807, 2.05) is 18.3 Å². The highest BCUT2D eigenvalue weighted by Crippen LogP contribution is 2.19. The van der Waals surface area contributed by atoms with Gasteiger partial charge >= 0.3 is 0 Å². The molecule has 0 unspecified atom stereocenters. The second-order valence-corrected chi connectivity index (χ2v) is 2.01. The highest BCUT2D eigenvalue weighted by molar-refractivity contribution is 5.46. The monoisotopic (exact) mass is 115 g/mol. The van der Waals surface area contributed by atoms with Gasteiger partial charge in [0.1, 0.15) is 5.92 Å². The lowest BCUT2D eigenvalue weighted by molar-refractivity contribution is 1.18.